The highest BCUT2D eigenvalue weighted by atomic mass is 16.2. The van der Waals surface area contributed by atoms with Gasteiger partial charge in [-0.25, -0.2) is 4.79 Å². The Morgan fingerprint density at radius 1 is 1.00 bits per heavy atom. The highest BCUT2D eigenvalue weighted by Gasteiger charge is 2.41. The summed E-state index contributed by atoms with van der Waals surface area (Å²) in [4.78, 5) is 26.5. The predicted molar refractivity (Wildman–Crippen MR) is 73.8 cm³/mol. The molecule has 0 aromatic heterocycles. The molecule has 2 rings (SSSR count). The minimum Gasteiger partial charge on any atom is -0.311 e. The van der Waals surface area contributed by atoms with Gasteiger partial charge < -0.3 is 4.90 Å². The minimum absolute atomic E-state index is 0.0801. The molecule has 102 valence electrons. The number of urea groups is 1. The van der Waals surface area contributed by atoms with Gasteiger partial charge in [0.2, 0.25) is 0 Å². The molecule has 1 unspecified atom stereocenters. The zero-order chi connectivity index (χ0) is 14.4. The topological polar surface area (TPSA) is 40.6 Å². The number of hydrogen-bond acceptors (Lipinski definition) is 2. The quantitative estimate of drug-likeness (QED) is 0.728. The maximum absolute atomic E-state index is 12.1. The number of rotatable bonds is 1. The van der Waals surface area contributed by atoms with E-state index in [4.69, 9.17) is 0 Å². The highest BCUT2D eigenvalue weighted by molar-refractivity contribution is 6.04. The molecule has 3 amide bonds. The molecule has 1 saturated heterocycles. The molecule has 19 heavy (non-hydrogen) atoms. The van der Waals surface area contributed by atoms with Crippen molar-refractivity contribution in [2.24, 2.45) is 0 Å². The SMILES string of the molecule is CN1C(=O)C(c2ccc(C(C)(C)C)cc2)N(C)C1=O. The molecule has 1 aromatic rings. The lowest BCUT2D eigenvalue weighted by molar-refractivity contribution is -0.127. The lowest BCUT2D eigenvalue weighted by Crippen LogP contribution is -2.27. The summed E-state index contributed by atoms with van der Waals surface area (Å²) in [5, 5.41) is 0. The standard InChI is InChI=1S/C15H20N2O2/c1-15(2,3)11-8-6-10(7-9-11)12-13(18)17(5)14(19)16(12)4/h6-9,12H,1-5H3. The first kappa shape index (κ1) is 13.6. The van der Waals surface area contributed by atoms with Crippen molar-refractivity contribution in [3.8, 4) is 0 Å². The van der Waals surface area contributed by atoms with Crippen LogP contribution < -0.4 is 0 Å². The van der Waals surface area contributed by atoms with Crippen LogP contribution in [0.15, 0.2) is 24.3 Å². The van der Waals surface area contributed by atoms with Gasteiger partial charge in [0.05, 0.1) is 0 Å². The third kappa shape index (κ3) is 2.23. The van der Waals surface area contributed by atoms with Crippen LogP contribution in [0, 0.1) is 0 Å². The van der Waals surface area contributed by atoms with Crippen molar-refractivity contribution < 1.29 is 9.59 Å². The normalized spacial score (nSPS) is 20.4. The first-order valence-corrected chi connectivity index (χ1v) is 6.38. The van der Waals surface area contributed by atoms with Gasteiger partial charge in [0.15, 0.2) is 0 Å². The lowest BCUT2D eigenvalue weighted by atomic mass is 9.86. The van der Waals surface area contributed by atoms with E-state index in [2.05, 4.69) is 20.8 Å². The van der Waals surface area contributed by atoms with E-state index in [0.29, 0.717) is 0 Å². The molecular formula is C15H20N2O2. The monoisotopic (exact) mass is 260 g/mol. The molecule has 4 nitrogen and oxygen atoms in total. The first-order valence-electron chi connectivity index (χ1n) is 6.38. The molecule has 1 fully saturated rings. The minimum atomic E-state index is -0.494. The molecule has 0 spiro atoms. The van der Waals surface area contributed by atoms with Crippen LogP contribution in [0.1, 0.15) is 37.9 Å². The second-order valence-corrected chi connectivity index (χ2v) is 6.07. The summed E-state index contributed by atoms with van der Waals surface area (Å²) >= 11 is 0. The molecule has 1 aliphatic heterocycles. The van der Waals surface area contributed by atoms with Gasteiger partial charge in [-0.05, 0) is 16.5 Å². The Kier molecular flexibility index (Phi) is 3.12. The first-order chi connectivity index (χ1) is 8.73. The zero-order valence-electron chi connectivity index (χ0n) is 12.1. The average Bonchev–Trinajstić information content (AvgIpc) is 2.53. The predicted octanol–water partition coefficient (Wildman–Crippen LogP) is 2.55. The van der Waals surface area contributed by atoms with Gasteiger partial charge in [-0.2, -0.15) is 0 Å². The fourth-order valence-corrected chi connectivity index (χ4v) is 2.32. The van der Waals surface area contributed by atoms with E-state index >= 15 is 0 Å². The molecule has 0 radical (unpaired) electrons. The van der Waals surface area contributed by atoms with E-state index in [0.717, 1.165) is 5.56 Å². The van der Waals surface area contributed by atoms with Gasteiger partial charge in [0, 0.05) is 14.1 Å². The van der Waals surface area contributed by atoms with Crippen LogP contribution in [0.2, 0.25) is 0 Å². The zero-order valence-corrected chi connectivity index (χ0v) is 12.1. The van der Waals surface area contributed by atoms with E-state index in [-0.39, 0.29) is 17.4 Å². The Labute approximate surface area is 114 Å². The largest absolute Gasteiger partial charge is 0.327 e. The van der Waals surface area contributed by atoms with Crippen molar-refractivity contribution in [2.75, 3.05) is 14.1 Å². The summed E-state index contributed by atoms with van der Waals surface area (Å²) in [6.45, 7) is 6.43. The summed E-state index contributed by atoms with van der Waals surface area (Å²) in [6.07, 6.45) is 0. The molecule has 1 heterocycles. The van der Waals surface area contributed by atoms with Crippen LogP contribution in [-0.2, 0) is 10.2 Å². The summed E-state index contributed by atoms with van der Waals surface area (Å²) < 4.78 is 0. The maximum atomic E-state index is 12.1. The van der Waals surface area contributed by atoms with E-state index in [1.165, 1.54) is 22.4 Å². The molecule has 4 heteroatoms. The Morgan fingerprint density at radius 3 is 1.89 bits per heavy atom. The molecule has 1 aromatic carbocycles. The lowest BCUT2D eigenvalue weighted by Gasteiger charge is -2.21. The van der Waals surface area contributed by atoms with E-state index in [9.17, 15) is 9.59 Å². The van der Waals surface area contributed by atoms with Crippen LogP contribution >= 0.6 is 0 Å². The molecule has 0 bridgehead atoms. The second kappa shape index (κ2) is 4.37. The number of likely N-dealkylation sites (N-methyl/N-ethyl adjacent to an activating group) is 2. The number of hydrogen-bond donors (Lipinski definition) is 0. The Hall–Kier alpha value is -1.84. The van der Waals surface area contributed by atoms with Crippen molar-refractivity contribution in [2.45, 2.75) is 32.2 Å². The fraction of sp³-hybridized carbons (Fsp3) is 0.467. The molecular weight excluding hydrogens is 240 g/mol. The van der Waals surface area contributed by atoms with E-state index in [1.54, 1.807) is 7.05 Å². The van der Waals surface area contributed by atoms with Gasteiger partial charge in [-0.3, -0.25) is 9.69 Å². The molecule has 0 saturated carbocycles. The van der Waals surface area contributed by atoms with Gasteiger partial charge in [0.1, 0.15) is 6.04 Å². The fourth-order valence-electron chi connectivity index (χ4n) is 2.32. The van der Waals surface area contributed by atoms with E-state index < -0.39 is 6.04 Å². The molecule has 0 N–H and O–H groups in total. The third-order valence-corrected chi connectivity index (χ3v) is 3.63. The van der Waals surface area contributed by atoms with Crippen LogP contribution in [0.5, 0.6) is 0 Å². The smallest absolute Gasteiger partial charge is 0.311 e. The number of nitrogens with zero attached hydrogens (tertiary/aromatic N) is 2. The average molecular weight is 260 g/mol. The Bertz CT molecular complexity index is 514. The van der Waals surface area contributed by atoms with Crippen molar-refractivity contribution in [3.05, 3.63) is 35.4 Å². The number of carbonyl (C=O) groups is 2. The maximum Gasteiger partial charge on any atom is 0.327 e. The Balaban J connectivity index is 2.33. The summed E-state index contributed by atoms with van der Waals surface area (Å²) in [6, 6.07) is 7.18. The number of benzene rings is 1. The number of imide groups is 1. The van der Waals surface area contributed by atoms with Gasteiger partial charge in [0.25, 0.3) is 5.91 Å². The Morgan fingerprint density at radius 2 is 1.53 bits per heavy atom. The molecule has 1 aliphatic rings. The number of amides is 3. The van der Waals surface area contributed by atoms with Crippen LogP contribution in [0.4, 0.5) is 4.79 Å². The third-order valence-electron chi connectivity index (χ3n) is 3.63. The van der Waals surface area contributed by atoms with Crippen LogP contribution in [0.25, 0.3) is 0 Å². The molecule has 1 atom stereocenters. The summed E-state index contributed by atoms with van der Waals surface area (Å²) in [5.41, 5.74) is 2.15. The van der Waals surface area contributed by atoms with Gasteiger partial charge in [-0.1, -0.05) is 45.0 Å². The van der Waals surface area contributed by atoms with Crippen LogP contribution in [-0.4, -0.2) is 35.8 Å². The van der Waals surface area contributed by atoms with Gasteiger partial charge in [-0.15, -0.1) is 0 Å². The van der Waals surface area contributed by atoms with Crippen molar-refractivity contribution in [1.29, 1.82) is 0 Å². The van der Waals surface area contributed by atoms with Crippen molar-refractivity contribution in [1.82, 2.24) is 9.80 Å². The summed E-state index contributed by atoms with van der Waals surface area (Å²) in [7, 11) is 3.18. The van der Waals surface area contributed by atoms with Crippen molar-refractivity contribution >= 4 is 11.9 Å². The number of carbonyl (C=O) groups excluding carboxylic acids is 2. The van der Waals surface area contributed by atoms with E-state index in [1.807, 2.05) is 24.3 Å². The van der Waals surface area contributed by atoms with Crippen molar-refractivity contribution in [3.63, 3.8) is 0 Å². The highest BCUT2D eigenvalue weighted by Crippen LogP contribution is 2.30. The molecule has 0 aliphatic carbocycles. The summed E-state index contributed by atoms with van der Waals surface area (Å²) in [5.74, 6) is -0.170. The van der Waals surface area contributed by atoms with Gasteiger partial charge >= 0.3 is 6.03 Å². The van der Waals surface area contributed by atoms with Crippen LogP contribution in [0.3, 0.4) is 0 Å². The second-order valence-electron chi connectivity index (χ2n) is 6.07.